The molecule has 1 unspecified atom stereocenters. The van der Waals surface area contributed by atoms with E-state index in [1.165, 1.54) is 4.90 Å². The minimum Gasteiger partial charge on any atom is -0.312 e. The second kappa shape index (κ2) is 4.97. The van der Waals surface area contributed by atoms with Crippen molar-refractivity contribution >= 4 is 37.7 Å². The molecule has 0 aromatic heterocycles. The van der Waals surface area contributed by atoms with Crippen LogP contribution in [0.1, 0.15) is 6.42 Å². The molecule has 0 bridgehead atoms. The summed E-state index contributed by atoms with van der Waals surface area (Å²) in [4.78, 5) is 13.3. The molecule has 18 heavy (non-hydrogen) atoms. The molecule has 0 aliphatic carbocycles. The Morgan fingerprint density at radius 2 is 2.17 bits per heavy atom. The highest BCUT2D eigenvalue weighted by atomic mass is 79.9. The summed E-state index contributed by atoms with van der Waals surface area (Å²) in [7, 11) is -4.53. The van der Waals surface area contributed by atoms with Gasteiger partial charge in [-0.25, -0.2) is 0 Å². The van der Waals surface area contributed by atoms with E-state index in [2.05, 4.69) is 15.9 Å². The number of halogens is 2. The predicted octanol–water partition coefficient (Wildman–Crippen LogP) is 2.10. The van der Waals surface area contributed by atoms with Gasteiger partial charge in [0.1, 0.15) is 0 Å². The van der Waals surface area contributed by atoms with Crippen LogP contribution < -0.4 is 4.90 Å². The van der Waals surface area contributed by atoms with Crippen molar-refractivity contribution in [3.05, 3.63) is 28.7 Å². The zero-order valence-electron chi connectivity index (χ0n) is 9.34. The molecule has 2 rings (SSSR count). The fourth-order valence-corrected chi connectivity index (χ4v) is 3.24. The van der Waals surface area contributed by atoms with Gasteiger partial charge >= 0.3 is 10.2 Å². The molecular formula is C11H11BrFNO3S. The first-order valence-electron chi connectivity index (χ1n) is 5.33. The second-order valence-electron chi connectivity index (χ2n) is 4.26. The van der Waals surface area contributed by atoms with E-state index >= 15 is 0 Å². The topological polar surface area (TPSA) is 54.5 Å². The van der Waals surface area contributed by atoms with Crippen molar-refractivity contribution in [3.63, 3.8) is 0 Å². The van der Waals surface area contributed by atoms with Gasteiger partial charge in [-0.2, -0.15) is 8.42 Å². The fraction of sp³-hybridized carbons (Fsp3) is 0.364. The van der Waals surface area contributed by atoms with E-state index in [1.54, 1.807) is 18.2 Å². The number of nitrogens with zero attached hydrogens (tertiary/aromatic N) is 1. The number of anilines is 1. The summed E-state index contributed by atoms with van der Waals surface area (Å²) in [6.07, 6.45) is 0.0651. The van der Waals surface area contributed by atoms with Crippen LogP contribution in [0.4, 0.5) is 9.57 Å². The molecule has 98 valence electrons. The molecule has 1 amide bonds. The quantitative estimate of drug-likeness (QED) is 0.795. The van der Waals surface area contributed by atoms with Crippen molar-refractivity contribution in [2.24, 2.45) is 5.92 Å². The zero-order valence-corrected chi connectivity index (χ0v) is 11.7. The van der Waals surface area contributed by atoms with Crippen LogP contribution in [0.2, 0.25) is 0 Å². The number of amides is 1. The van der Waals surface area contributed by atoms with E-state index in [4.69, 9.17) is 0 Å². The van der Waals surface area contributed by atoms with E-state index in [1.807, 2.05) is 6.07 Å². The Morgan fingerprint density at radius 3 is 2.78 bits per heavy atom. The van der Waals surface area contributed by atoms with Crippen LogP contribution in [-0.2, 0) is 15.0 Å². The van der Waals surface area contributed by atoms with Crippen LogP contribution >= 0.6 is 15.9 Å². The van der Waals surface area contributed by atoms with Gasteiger partial charge in [-0.3, -0.25) is 4.79 Å². The fourth-order valence-electron chi connectivity index (χ4n) is 2.07. The summed E-state index contributed by atoms with van der Waals surface area (Å²) in [5.41, 5.74) is 0.688. The maximum atomic E-state index is 12.6. The van der Waals surface area contributed by atoms with Gasteiger partial charge in [0.15, 0.2) is 0 Å². The number of hydrogen-bond acceptors (Lipinski definition) is 3. The number of benzene rings is 1. The van der Waals surface area contributed by atoms with Gasteiger partial charge in [0.25, 0.3) is 0 Å². The normalized spacial score (nSPS) is 20.4. The summed E-state index contributed by atoms with van der Waals surface area (Å²) >= 11 is 3.30. The maximum Gasteiger partial charge on any atom is 0.302 e. The van der Waals surface area contributed by atoms with E-state index in [0.717, 1.165) is 4.47 Å². The molecule has 0 saturated carbocycles. The highest BCUT2D eigenvalue weighted by molar-refractivity contribution is 9.10. The molecule has 1 fully saturated rings. The van der Waals surface area contributed by atoms with Crippen molar-refractivity contribution in [3.8, 4) is 0 Å². The van der Waals surface area contributed by atoms with Crippen molar-refractivity contribution in [1.82, 2.24) is 0 Å². The van der Waals surface area contributed by atoms with Crippen molar-refractivity contribution in [1.29, 1.82) is 0 Å². The van der Waals surface area contributed by atoms with E-state index in [9.17, 15) is 17.1 Å². The summed E-state index contributed by atoms with van der Waals surface area (Å²) in [5, 5.41) is 0. The van der Waals surface area contributed by atoms with Crippen LogP contribution in [-0.4, -0.2) is 26.6 Å². The molecule has 1 aliphatic rings. The first-order chi connectivity index (χ1) is 8.35. The molecule has 4 nitrogen and oxygen atoms in total. The lowest BCUT2D eigenvalue weighted by Crippen LogP contribution is -2.25. The minimum atomic E-state index is -4.53. The largest absolute Gasteiger partial charge is 0.312 e. The second-order valence-corrected chi connectivity index (χ2v) is 6.59. The van der Waals surface area contributed by atoms with Gasteiger partial charge in [0, 0.05) is 29.0 Å². The summed E-state index contributed by atoms with van der Waals surface area (Å²) in [6.45, 7) is 0.235. The van der Waals surface area contributed by atoms with Crippen LogP contribution in [0.15, 0.2) is 28.7 Å². The number of carbonyl (C=O) groups excluding carboxylic acids is 1. The number of carbonyl (C=O) groups is 1. The lowest BCUT2D eigenvalue weighted by atomic mass is 10.1. The van der Waals surface area contributed by atoms with Crippen LogP contribution in [0.3, 0.4) is 0 Å². The number of hydrogen-bond donors (Lipinski definition) is 0. The Balaban J connectivity index is 2.15. The third-order valence-corrected chi connectivity index (χ3v) is 4.12. The smallest absolute Gasteiger partial charge is 0.302 e. The molecule has 1 saturated heterocycles. The van der Waals surface area contributed by atoms with Crippen LogP contribution in [0, 0.1) is 5.92 Å². The van der Waals surface area contributed by atoms with Crippen molar-refractivity contribution < 1.29 is 17.1 Å². The maximum absolute atomic E-state index is 12.6. The molecule has 1 aromatic rings. The first-order valence-corrected chi connectivity index (χ1v) is 7.68. The SMILES string of the molecule is O=C1CC(CS(=O)(=O)F)CN1c1cccc(Br)c1. The molecule has 0 N–H and O–H groups in total. The Kier molecular flexibility index (Phi) is 3.72. The van der Waals surface area contributed by atoms with E-state index < -0.39 is 21.9 Å². The molecule has 1 heterocycles. The van der Waals surface area contributed by atoms with Crippen molar-refractivity contribution in [2.75, 3.05) is 17.2 Å². The average molecular weight is 336 g/mol. The van der Waals surface area contributed by atoms with Gasteiger partial charge in [0.2, 0.25) is 5.91 Å². The molecule has 1 aliphatic heterocycles. The predicted molar refractivity (Wildman–Crippen MR) is 69.5 cm³/mol. The highest BCUT2D eigenvalue weighted by Crippen LogP contribution is 2.28. The third kappa shape index (κ3) is 3.29. The highest BCUT2D eigenvalue weighted by Gasteiger charge is 2.33. The van der Waals surface area contributed by atoms with Gasteiger partial charge < -0.3 is 4.90 Å². The Bertz CT molecular complexity index is 575. The van der Waals surface area contributed by atoms with Gasteiger partial charge in [0.05, 0.1) is 5.75 Å². The molecule has 1 atom stereocenters. The standard InChI is InChI=1S/C11H11BrFNO3S/c12-9-2-1-3-10(5-9)14-6-8(4-11(14)15)7-18(13,16)17/h1-3,5,8H,4,6-7H2. The summed E-state index contributed by atoms with van der Waals surface area (Å²) in [5.74, 6) is -1.25. The first kappa shape index (κ1) is 13.5. The van der Waals surface area contributed by atoms with Crippen molar-refractivity contribution in [2.45, 2.75) is 6.42 Å². The monoisotopic (exact) mass is 335 g/mol. The Labute approximate surface area is 113 Å². The van der Waals surface area contributed by atoms with Crippen LogP contribution in [0.25, 0.3) is 0 Å². The van der Waals surface area contributed by atoms with Gasteiger partial charge in [-0.05, 0) is 18.2 Å². The third-order valence-electron chi connectivity index (χ3n) is 2.76. The van der Waals surface area contributed by atoms with Gasteiger partial charge in [-0.15, -0.1) is 3.89 Å². The summed E-state index contributed by atoms with van der Waals surface area (Å²) in [6, 6.07) is 7.14. The Hall–Kier alpha value is -0.950. The van der Waals surface area contributed by atoms with E-state index in [-0.39, 0.29) is 18.9 Å². The lowest BCUT2D eigenvalue weighted by molar-refractivity contribution is -0.117. The zero-order chi connectivity index (χ0) is 13.3. The molecule has 0 radical (unpaired) electrons. The molecular weight excluding hydrogens is 325 g/mol. The van der Waals surface area contributed by atoms with Gasteiger partial charge in [-0.1, -0.05) is 22.0 Å². The minimum absolute atomic E-state index is 0.0651. The molecule has 0 spiro atoms. The van der Waals surface area contributed by atoms with E-state index in [0.29, 0.717) is 5.69 Å². The average Bonchev–Trinajstić information content (AvgIpc) is 2.56. The Morgan fingerprint density at radius 1 is 1.44 bits per heavy atom. The lowest BCUT2D eigenvalue weighted by Gasteiger charge is -2.16. The molecule has 7 heteroatoms. The molecule has 1 aromatic carbocycles. The summed E-state index contributed by atoms with van der Waals surface area (Å²) < 4.78 is 34.6. The number of rotatable bonds is 3. The van der Waals surface area contributed by atoms with Crippen LogP contribution in [0.5, 0.6) is 0 Å².